The van der Waals surface area contributed by atoms with Gasteiger partial charge in [-0.25, -0.2) is 4.98 Å². The van der Waals surface area contributed by atoms with Crippen molar-refractivity contribution in [1.29, 1.82) is 0 Å². The van der Waals surface area contributed by atoms with Gasteiger partial charge in [0.25, 0.3) is 0 Å². The zero-order chi connectivity index (χ0) is 18.9. The molecule has 9 heteroatoms. The van der Waals surface area contributed by atoms with Crippen molar-refractivity contribution in [2.45, 2.75) is 5.92 Å². The number of carbonyl (C=O) groups excluding carboxylic acids is 1. The molecule has 140 valence electrons. The molecule has 2 aliphatic heterocycles. The van der Waals surface area contributed by atoms with Gasteiger partial charge < -0.3 is 18.9 Å². The normalized spacial score (nSPS) is 15.8. The van der Waals surface area contributed by atoms with Crippen LogP contribution in [0.1, 0.15) is 17.4 Å². The van der Waals surface area contributed by atoms with Crippen molar-refractivity contribution in [2.24, 2.45) is 0 Å². The third kappa shape index (κ3) is 3.07. The number of nitrogens with zero attached hydrogens (tertiary/aromatic N) is 5. The molecule has 0 atom stereocenters. The van der Waals surface area contributed by atoms with E-state index >= 15 is 0 Å². The Bertz CT molecular complexity index is 1040. The molecule has 0 unspecified atom stereocenters. The van der Waals surface area contributed by atoms with Gasteiger partial charge in [-0.3, -0.25) is 9.78 Å². The maximum atomic E-state index is 12.3. The van der Waals surface area contributed by atoms with Gasteiger partial charge >= 0.3 is 0 Å². The van der Waals surface area contributed by atoms with Crippen molar-refractivity contribution in [3.05, 3.63) is 54.3 Å². The Morgan fingerprint density at radius 3 is 2.93 bits per heavy atom. The average molecular weight is 377 g/mol. The SMILES string of the molecule is O=C(/C=C/c1ccc2c(c1)OCO2)N1CC(c2nc(-c3cnccn3)no2)C1. The van der Waals surface area contributed by atoms with E-state index in [0.717, 1.165) is 11.3 Å². The molecule has 0 spiro atoms. The first-order chi connectivity index (χ1) is 13.8. The van der Waals surface area contributed by atoms with Crippen LogP contribution in [-0.4, -0.2) is 50.8 Å². The third-order valence-corrected chi connectivity index (χ3v) is 4.59. The van der Waals surface area contributed by atoms with E-state index in [1.54, 1.807) is 35.6 Å². The maximum Gasteiger partial charge on any atom is 0.246 e. The summed E-state index contributed by atoms with van der Waals surface area (Å²) in [4.78, 5) is 26.6. The van der Waals surface area contributed by atoms with Gasteiger partial charge in [-0.15, -0.1) is 0 Å². The lowest BCUT2D eigenvalue weighted by Gasteiger charge is -2.36. The molecule has 4 heterocycles. The number of ether oxygens (including phenoxy) is 2. The largest absolute Gasteiger partial charge is 0.454 e. The zero-order valence-corrected chi connectivity index (χ0v) is 14.7. The van der Waals surface area contributed by atoms with Crippen LogP contribution in [0.15, 0.2) is 47.4 Å². The lowest BCUT2D eigenvalue weighted by atomic mass is 10.00. The predicted molar refractivity (Wildman–Crippen MR) is 96.2 cm³/mol. The number of benzene rings is 1. The molecule has 28 heavy (non-hydrogen) atoms. The van der Waals surface area contributed by atoms with Crippen molar-refractivity contribution in [3.63, 3.8) is 0 Å². The van der Waals surface area contributed by atoms with Crippen LogP contribution < -0.4 is 9.47 Å². The molecule has 0 radical (unpaired) electrons. The van der Waals surface area contributed by atoms with E-state index in [0.29, 0.717) is 36.2 Å². The quantitative estimate of drug-likeness (QED) is 0.635. The number of rotatable bonds is 4. The number of amides is 1. The van der Waals surface area contributed by atoms with E-state index in [2.05, 4.69) is 20.1 Å². The summed E-state index contributed by atoms with van der Waals surface area (Å²) in [6.45, 7) is 1.30. The number of likely N-dealkylation sites (tertiary alicyclic amines) is 1. The summed E-state index contributed by atoms with van der Waals surface area (Å²) in [6, 6.07) is 5.55. The van der Waals surface area contributed by atoms with E-state index < -0.39 is 0 Å². The van der Waals surface area contributed by atoms with Gasteiger partial charge in [0.1, 0.15) is 5.69 Å². The van der Waals surface area contributed by atoms with Gasteiger partial charge in [-0.2, -0.15) is 4.98 Å². The summed E-state index contributed by atoms with van der Waals surface area (Å²) in [6.07, 6.45) is 8.04. The highest BCUT2D eigenvalue weighted by Crippen LogP contribution is 2.33. The van der Waals surface area contributed by atoms with Crippen molar-refractivity contribution in [1.82, 2.24) is 25.0 Å². The molecule has 0 saturated carbocycles. The van der Waals surface area contributed by atoms with Crippen molar-refractivity contribution in [3.8, 4) is 23.0 Å². The highest BCUT2D eigenvalue weighted by Gasteiger charge is 2.35. The van der Waals surface area contributed by atoms with E-state index in [4.69, 9.17) is 14.0 Å². The molecule has 0 aliphatic carbocycles. The van der Waals surface area contributed by atoms with Crippen LogP contribution in [0.3, 0.4) is 0 Å². The molecule has 2 aliphatic rings. The second-order valence-corrected chi connectivity index (χ2v) is 6.43. The van der Waals surface area contributed by atoms with Crippen molar-refractivity contribution in [2.75, 3.05) is 19.9 Å². The minimum absolute atomic E-state index is 0.0285. The Hall–Kier alpha value is -3.75. The fraction of sp³-hybridized carbons (Fsp3) is 0.211. The van der Waals surface area contributed by atoms with Gasteiger partial charge in [0.2, 0.25) is 24.4 Å². The average Bonchev–Trinajstić information content (AvgIpc) is 3.35. The lowest BCUT2D eigenvalue weighted by molar-refractivity contribution is -0.130. The molecular weight excluding hydrogens is 362 g/mol. The number of fused-ring (bicyclic) bond motifs is 1. The zero-order valence-electron chi connectivity index (χ0n) is 14.7. The summed E-state index contributed by atoms with van der Waals surface area (Å²) in [7, 11) is 0. The van der Waals surface area contributed by atoms with Crippen LogP contribution in [0, 0.1) is 0 Å². The van der Waals surface area contributed by atoms with Gasteiger partial charge in [0.05, 0.1) is 12.1 Å². The number of hydrogen-bond acceptors (Lipinski definition) is 8. The van der Waals surface area contributed by atoms with Crippen LogP contribution in [0.5, 0.6) is 11.5 Å². The molecule has 3 aromatic rings. The molecule has 1 fully saturated rings. The molecule has 9 nitrogen and oxygen atoms in total. The Morgan fingerprint density at radius 1 is 1.18 bits per heavy atom. The molecule has 1 aromatic carbocycles. The predicted octanol–water partition coefficient (Wildman–Crippen LogP) is 1.89. The summed E-state index contributed by atoms with van der Waals surface area (Å²) in [5.41, 5.74) is 1.43. The van der Waals surface area contributed by atoms with E-state index in [1.165, 1.54) is 0 Å². The highest BCUT2D eigenvalue weighted by atomic mass is 16.7. The topological polar surface area (TPSA) is 103 Å². The molecule has 0 N–H and O–H groups in total. The third-order valence-electron chi connectivity index (χ3n) is 4.59. The number of hydrogen-bond donors (Lipinski definition) is 0. The summed E-state index contributed by atoms with van der Waals surface area (Å²) in [5, 5.41) is 3.94. The fourth-order valence-electron chi connectivity index (χ4n) is 3.02. The first-order valence-electron chi connectivity index (χ1n) is 8.73. The van der Waals surface area contributed by atoms with Gasteiger partial charge in [0, 0.05) is 31.6 Å². The van der Waals surface area contributed by atoms with Crippen LogP contribution in [-0.2, 0) is 4.79 Å². The van der Waals surface area contributed by atoms with E-state index in [-0.39, 0.29) is 18.6 Å². The first-order valence-corrected chi connectivity index (χ1v) is 8.73. The smallest absolute Gasteiger partial charge is 0.246 e. The monoisotopic (exact) mass is 377 g/mol. The van der Waals surface area contributed by atoms with Crippen LogP contribution in [0.4, 0.5) is 0 Å². The summed E-state index contributed by atoms with van der Waals surface area (Å²) < 4.78 is 15.9. The highest BCUT2D eigenvalue weighted by molar-refractivity contribution is 5.92. The maximum absolute atomic E-state index is 12.3. The minimum Gasteiger partial charge on any atom is -0.454 e. The van der Waals surface area contributed by atoms with Gasteiger partial charge in [-0.1, -0.05) is 11.2 Å². The molecule has 5 rings (SSSR count). The van der Waals surface area contributed by atoms with Crippen LogP contribution in [0.2, 0.25) is 0 Å². The minimum atomic E-state index is -0.0671. The standard InChI is InChI=1S/C19H15N5O4/c25-17(4-2-12-1-3-15-16(7-12)27-11-26-15)24-9-13(10-24)19-22-18(23-28-19)14-8-20-5-6-21-14/h1-8,13H,9-11H2/b4-2+. The van der Waals surface area contributed by atoms with Gasteiger partial charge in [-0.05, 0) is 23.8 Å². The van der Waals surface area contributed by atoms with E-state index in [9.17, 15) is 4.79 Å². The van der Waals surface area contributed by atoms with Crippen molar-refractivity contribution >= 4 is 12.0 Å². The second kappa shape index (κ2) is 6.76. The Morgan fingerprint density at radius 2 is 2.07 bits per heavy atom. The molecule has 2 aromatic heterocycles. The molecule has 1 amide bonds. The molecular formula is C19H15N5O4. The van der Waals surface area contributed by atoms with Crippen LogP contribution in [0.25, 0.3) is 17.6 Å². The summed E-state index contributed by atoms with van der Waals surface area (Å²) in [5.74, 6) is 2.27. The van der Waals surface area contributed by atoms with Gasteiger partial charge in [0.15, 0.2) is 11.5 Å². The first kappa shape index (κ1) is 16.4. The Kier molecular flexibility index (Phi) is 3.97. The number of carbonyl (C=O) groups is 1. The number of aromatic nitrogens is 4. The molecule has 0 bridgehead atoms. The Labute approximate surface area is 159 Å². The van der Waals surface area contributed by atoms with E-state index in [1.807, 2.05) is 18.2 Å². The fourth-order valence-corrected chi connectivity index (χ4v) is 3.02. The van der Waals surface area contributed by atoms with Crippen molar-refractivity contribution < 1.29 is 18.8 Å². The summed E-state index contributed by atoms with van der Waals surface area (Å²) >= 11 is 0. The molecule has 1 saturated heterocycles. The Balaban J connectivity index is 1.19. The second-order valence-electron chi connectivity index (χ2n) is 6.43. The van der Waals surface area contributed by atoms with Crippen LogP contribution >= 0.6 is 0 Å². The lowest BCUT2D eigenvalue weighted by Crippen LogP contribution is -2.47.